The zero-order chi connectivity index (χ0) is 16.1. The number of nitrogens with zero attached hydrogens (tertiary/aromatic N) is 2. The molecule has 1 heterocycles. The van der Waals surface area contributed by atoms with Crippen LogP contribution in [0.3, 0.4) is 0 Å². The molecule has 2 rings (SSSR count). The number of aromatic carboxylic acids is 1. The molecule has 116 valence electrons. The lowest BCUT2D eigenvalue weighted by molar-refractivity contribution is 0.0690. The molecule has 1 amide bonds. The van der Waals surface area contributed by atoms with E-state index in [2.05, 4.69) is 10.3 Å². The van der Waals surface area contributed by atoms with Gasteiger partial charge in [-0.05, 0) is 24.6 Å². The fraction of sp³-hybridized carbons (Fsp3) is 0.267. The Hall–Kier alpha value is -2.83. The van der Waals surface area contributed by atoms with Crippen molar-refractivity contribution in [3.05, 3.63) is 47.5 Å². The second-order valence-corrected chi connectivity index (χ2v) is 4.74. The van der Waals surface area contributed by atoms with Crippen LogP contribution in [-0.4, -0.2) is 40.2 Å². The minimum absolute atomic E-state index is 0.0189. The number of aryl methyl sites for hydroxylation is 1. The number of carboxylic acids is 1. The van der Waals surface area contributed by atoms with E-state index in [1.54, 1.807) is 23.8 Å². The number of carbonyl (C=O) groups excluding carboxylic acids is 1. The van der Waals surface area contributed by atoms with Gasteiger partial charge in [-0.15, -0.1) is 0 Å². The summed E-state index contributed by atoms with van der Waals surface area (Å²) in [5, 5.41) is 11.5. The summed E-state index contributed by atoms with van der Waals surface area (Å²) in [5.74, 6) is -0.625. The van der Waals surface area contributed by atoms with Crippen LogP contribution in [-0.2, 0) is 6.54 Å². The molecule has 0 bridgehead atoms. The van der Waals surface area contributed by atoms with Gasteiger partial charge in [0.25, 0.3) is 5.91 Å². The molecule has 0 fully saturated rings. The van der Waals surface area contributed by atoms with Gasteiger partial charge in [-0.2, -0.15) is 0 Å². The number of rotatable bonds is 6. The second-order valence-electron chi connectivity index (χ2n) is 4.74. The Bertz CT molecular complexity index is 694. The number of carbonyl (C=O) groups is 2. The molecule has 0 radical (unpaired) electrons. The summed E-state index contributed by atoms with van der Waals surface area (Å²) in [5.41, 5.74) is 1.45. The van der Waals surface area contributed by atoms with Gasteiger partial charge in [-0.1, -0.05) is 6.07 Å². The highest BCUT2D eigenvalue weighted by Gasteiger charge is 2.09. The molecule has 7 nitrogen and oxygen atoms in total. The van der Waals surface area contributed by atoms with Gasteiger partial charge in [-0.25, -0.2) is 9.78 Å². The van der Waals surface area contributed by atoms with Crippen molar-refractivity contribution in [1.29, 1.82) is 0 Å². The highest BCUT2D eigenvalue weighted by Crippen LogP contribution is 2.18. The number of amides is 1. The molecule has 1 aromatic carbocycles. The van der Waals surface area contributed by atoms with Crippen molar-refractivity contribution < 1.29 is 19.4 Å². The van der Waals surface area contributed by atoms with E-state index in [-0.39, 0.29) is 11.6 Å². The monoisotopic (exact) mass is 303 g/mol. The first-order valence-corrected chi connectivity index (χ1v) is 6.69. The third-order valence-corrected chi connectivity index (χ3v) is 3.18. The predicted molar refractivity (Wildman–Crippen MR) is 79.3 cm³/mol. The van der Waals surface area contributed by atoms with Crippen LogP contribution in [0.15, 0.2) is 30.7 Å². The minimum atomic E-state index is -1.07. The average molecular weight is 303 g/mol. The number of hydrogen-bond donors (Lipinski definition) is 2. The maximum absolute atomic E-state index is 12.0. The number of hydrogen-bond acceptors (Lipinski definition) is 4. The highest BCUT2D eigenvalue weighted by atomic mass is 16.5. The fourth-order valence-corrected chi connectivity index (χ4v) is 1.95. The minimum Gasteiger partial charge on any atom is -0.496 e. The lowest BCUT2D eigenvalue weighted by Crippen LogP contribution is -2.27. The van der Waals surface area contributed by atoms with Crippen molar-refractivity contribution in [2.75, 3.05) is 13.7 Å². The Labute approximate surface area is 127 Å². The van der Waals surface area contributed by atoms with Crippen molar-refractivity contribution in [2.45, 2.75) is 13.5 Å². The molecule has 2 N–H and O–H groups in total. The average Bonchev–Trinajstić information content (AvgIpc) is 2.96. The van der Waals surface area contributed by atoms with E-state index in [1.807, 2.05) is 13.0 Å². The van der Waals surface area contributed by atoms with Crippen LogP contribution in [0, 0.1) is 6.92 Å². The van der Waals surface area contributed by atoms with Crippen LogP contribution in [0.4, 0.5) is 0 Å². The van der Waals surface area contributed by atoms with Crippen molar-refractivity contribution in [3.8, 4) is 5.75 Å². The maximum Gasteiger partial charge on any atom is 0.356 e. The summed E-state index contributed by atoms with van der Waals surface area (Å²) >= 11 is 0. The van der Waals surface area contributed by atoms with Gasteiger partial charge in [0.05, 0.1) is 13.4 Å². The lowest BCUT2D eigenvalue weighted by atomic mass is 10.1. The Morgan fingerprint density at radius 1 is 1.41 bits per heavy atom. The van der Waals surface area contributed by atoms with Gasteiger partial charge in [-0.3, -0.25) is 4.79 Å². The van der Waals surface area contributed by atoms with Crippen LogP contribution in [0.25, 0.3) is 0 Å². The summed E-state index contributed by atoms with van der Waals surface area (Å²) in [6.45, 7) is 2.71. The fourth-order valence-electron chi connectivity index (χ4n) is 1.95. The van der Waals surface area contributed by atoms with Crippen LogP contribution in [0.1, 0.15) is 26.4 Å². The molecule has 1 aromatic heterocycles. The normalized spacial score (nSPS) is 10.3. The summed E-state index contributed by atoms with van der Waals surface area (Å²) in [7, 11) is 1.56. The first-order valence-electron chi connectivity index (χ1n) is 6.69. The first-order chi connectivity index (χ1) is 10.5. The van der Waals surface area contributed by atoms with Crippen molar-refractivity contribution >= 4 is 11.9 Å². The van der Waals surface area contributed by atoms with E-state index in [4.69, 9.17) is 9.84 Å². The van der Waals surface area contributed by atoms with Gasteiger partial charge >= 0.3 is 5.97 Å². The van der Waals surface area contributed by atoms with Crippen LogP contribution in [0.5, 0.6) is 5.75 Å². The van der Waals surface area contributed by atoms with Crippen LogP contribution >= 0.6 is 0 Å². The standard InChI is InChI=1S/C15H17N3O4/c1-10-3-4-11(7-13(10)22-2)14(19)16-5-6-18-8-12(15(20)21)17-9-18/h3-4,7-9H,5-6H2,1-2H3,(H,16,19)(H,20,21). The van der Waals surface area contributed by atoms with Crippen molar-refractivity contribution in [3.63, 3.8) is 0 Å². The molecular weight excluding hydrogens is 286 g/mol. The van der Waals surface area contributed by atoms with E-state index >= 15 is 0 Å². The molecule has 0 atom stereocenters. The number of ether oxygens (including phenoxy) is 1. The second kappa shape index (κ2) is 6.75. The number of methoxy groups -OCH3 is 1. The van der Waals surface area contributed by atoms with Crippen molar-refractivity contribution in [1.82, 2.24) is 14.9 Å². The summed E-state index contributed by atoms with van der Waals surface area (Å²) in [6.07, 6.45) is 2.84. The van der Waals surface area contributed by atoms with Gasteiger partial charge in [0, 0.05) is 24.8 Å². The van der Waals surface area contributed by atoms with Gasteiger partial charge < -0.3 is 19.7 Å². The molecule has 7 heteroatoms. The third-order valence-electron chi connectivity index (χ3n) is 3.18. The molecule has 0 unspecified atom stereocenters. The zero-order valence-corrected chi connectivity index (χ0v) is 12.4. The van der Waals surface area contributed by atoms with Gasteiger partial charge in [0.1, 0.15) is 5.75 Å². The Morgan fingerprint density at radius 2 is 2.18 bits per heavy atom. The molecule has 0 saturated carbocycles. The number of nitrogens with one attached hydrogen (secondary N) is 1. The highest BCUT2D eigenvalue weighted by molar-refractivity contribution is 5.94. The van der Waals surface area contributed by atoms with Crippen LogP contribution < -0.4 is 10.1 Å². The molecule has 0 saturated heterocycles. The quantitative estimate of drug-likeness (QED) is 0.839. The van der Waals surface area contributed by atoms with E-state index in [0.717, 1.165) is 5.56 Å². The van der Waals surface area contributed by atoms with Crippen LogP contribution in [0.2, 0.25) is 0 Å². The van der Waals surface area contributed by atoms with Gasteiger partial charge in [0.15, 0.2) is 5.69 Å². The molecule has 0 spiro atoms. The zero-order valence-electron chi connectivity index (χ0n) is 12.4. The molecule has 2 aromatic rings. The molecule has 0 aliphatic carbocycles. The SMILES string of the molecule is COc1cc(C(=O)NCCn2cnc(C(=O)O)c2)ccc1C. The van der Waals surface area contributed by atoms with E-state index in [9.17, 15) is 9.59 Å². The largest absolute Gasteiger partial charge is 0.496 e. The predicted octanol–water partition coefficient (Wildman–Crippen LogP) is 1.33. The number of imidazole rings is 1. The Morgan fingerprint density at radius 3 is 2.82 bits per heavy atom. The lowest BCUT2D eigenvalue weighted by Gasteiger charge is -2.09. The Kier molecular flexibility index (Phi) is 4.77. The third kappa shape index (κ3) is 3.63. The molecule has 0 aliphatic heterocycles. The molecule has 22 heavy (non-hydrogen) atoms. The Balaban J connectivity index is 1.91. The first kappa shape index (κ1) is 15.6. The molecule has 0 aliphatic rings. The summed E-state index contributed by atoms with van der Waals surface area (Å²) < 4.78 is 6.80. The number of carboxylic acid groups (broad SMARTS) is 1. The topological polar surface area (TPSA) is 93.5 Å². The number of benzene rings is 1. The van der Waals surface area contributed by atoms with E-state index in [1.165, 1.54) is 12.5 Å². The molecular formula is C15H17N3O4. The van der Waals surface area contributed by atoms with E-state index < -0.39 is 5.97 Å². The van der Waals surface area contributed by atoms with Gasteiger partial charge in [0.2, 0.25) is 0 Å². The van der Waals surface area contributed by atoms with Crippen molar-refractivity contribution in [2.24, 2.45) is 0 Å². The summed E-state index contributed by atoms with van der Waals surface area (Å²) in [6, 6.07) is 5.24. The maximum atomic E-state index is 12.0. The van der Waals surface area contributed by atoms with E-state index in [0.29, 0.717) is 24.4 Å². The number of aromatic nitrogens is 2. The smallest absolute Gasteiger partial charge is 0.356 e. The summed E-state index contributed by atoms with van der Waals surface area (Å²) in [4.78, 5) is 26.5.